The lowest BCUT2D eigenvalue weighted by molar-refractivity contribution is -0.137. The summed E-state index contributed by atoms with van der Waals surface area (Å²) in [6.07, 6.45) is -0.845. The maximum Gasteiger partial charge on any atom is 0.416 e. The highest BCUT2D eigenvalue weighted by molar-refractivity contribution is 7.90. The van der Waals surface area contributed by atoms with Crippen molar-refractivity contribution in [3.05, 3.63) is 59.0 Å². The van der Waals surface area contributed by atoms with E-state index in [1.807, 2.05) is 6.92 Å². The van der Waals surface area contributed by atoms with Crippen LogP contribution < -0.4 is 5.32 Å². The van der Waals surface area contributed by atoms with Crippen LogP contribution in [0.15, 0.2) is 41.6 Å². The van der Waals surface area contributed by atoms with E-state index in [0.717, 1.165) is 24.6 Å². The van der Waals surface area contributed by atoms with Crippen LogP contribution in [0.5, 0.6) is 0 Å². The molecule has 0 radical (unpaired) electrons. The summed E-state index contributed by atoms with van der Waals surface area (Å²) < 4.78 is 77.1. The number of halogens is 4. The van der Waals surface area contributed by atoms with Gasteiger partial charge in [0.1, 0.15) is 11.9 Å². The Kier molecular flexibility index (Phi) is 7.08. The Morgan fingerprint density at radius 3 is 2.32 bits per heavy atom. The molecule has 4 atom stereocenters. The molecule has 2 heterocycles. The van der Waals surface area contributed by atoms with E-state index in [0.29, 0.717) is 25.3 Å². The van der Waals surface area contributed by atoms with Crippen LogP contribution in [-0.2, 0) is 20.8 Å². The second kappa shape index (κ2) is 9.70. The van der Waals surface area contributed by atoms with Gasteiger partial charge >= 0.3 is 6.18 Å². The number of aromatic nitrogens is 1. The minimum atomic E-state index is -4.69. The van der Waals surface area contributed by atoms with Gasteiger partial charge in [0.25, 0.3) is 5.91 Å². The highest BCUT2D eigenvalue weighted by atomic mass is 32.2. The molecule has 1 saturated carbocycles. The SMILES string of the molecule is C[C@@H]1C[C@H](C(=O)N[C@@H](c2ccc(C(F)(F)F)cc2F)C2CC2)N(C(=O)c2ccc(S(C)(=O)=O)nc2)[C@@H]1C. The van der Waals surface area contributed by atoms with Gasteiger partial charge in [-0.15, -0.1) is 0 Å². The predicted molar refractivity (Wildman–Crippen MR) is 126 cm³/mol. The number of hydrogen-bond donors (Lipinski definition) is 1. The smallest absolute Gasteiger partial charge is 0.347 e. The van der Waals surface area contributed by atoms with Gasteiger partial charge in [0, 0.05) is 24.1 Å². The zero-order chi connectivity index (χ0) is 27.3. The van der Waals surface area contributed by atoms with Crippen LogP contribution in [-0.4, -0.2) is 48.5 Å². The first kappa shape index (κ1) is 27.0. The van der Waals surface area contributed by atoms with Crippen molar-refractivity contribution in [2.24, 2.45) is 11.8 Å². The minimum absolute atomic E-state index is 0.0265. The van der Waals surface area contributed by atoms with Crippen molar-refractivity contribution in [3.8, 4) is 0 Å². The van der Waals surface area contributed by atoms with E-state index < -0.39 is 51.3 Å². The van der Waals surface area contributed by atoms with Gasteiger partial charge in [-0.25, -0.2) is 17.8 Å². The molecule has 1 saturated heterocycles. The number of nitrogens with one attached hydrogen (secondary N) is 1. The third kappa shape index (κ3) is 5.63. The van der Waals surface area contributed by atoms with Crippen molar-refractivity contribution in [1.82, 2.24) is 15.2 Å². The molecule has 1 aliphatic carbocycles. The number of amides is 2. The first-order valence-corrected chi connectivity index (χ1v) is 13.7. The summed E-state index contributed by atoms with van der Waals surface area (Å²) in [5.74, 6) is -2.26. The highest BCUT2D eigenvalue weighted by Crippen LogP contribution is 2.43. The summed E-state index contributed by atoms with van der Waals surface area (Å²) in [6.45, 7) is 3.68. The number of rotatable bonds is 6. The molecule has 0 spiro atoms. The van der Waals surface area contributed by atoms with Crippen LogP contribution in [0.4, 0.5) is 17.6 Å². The number of benzene rings is 1. The molecule has 200 valence electrons. The minimum Gasteiger partial charge on any atom is -0.347 e. The number of sulfone groups is 1. The second-order valence-corrected chi connectivity index (χ2v) is 11.9. The molecule has 37 heavy (non-hydrogen) atoms. The summed E-state index contributed by atoms with van der Waals surface area (Å²) in [6, 6.07) is 2.78. The largest absolute Gasteiger partial charge is 0.416 e. The maximum atomic E-state index is 14.7. The average Bonchev–Trinajstić information content (AvgIpc) is 3.61. The predicted octanol–water partition coefficient (Wildman–Crippen LogP) is 4.15. The Morgan fingerprint density at radius 2 is 1.81 bits per heavy atom. The van der Waals surface area contributed by atoms with Gasteiger partial charge in [0.05, 0.1) is 17.2 Å². The summed E-state index contributed by atoms with van der Waals surface area (Å²) in [4.78, 5) is 32.0. The molecular weight excluding hydrogens is 514 g/mol. The van der Waals surface area contributed by atoms with Gasteiger partial charge in [-0.05, 0) is 62.3 Å². The first-order valence-electron chi connectivity index (χ1n) is 11.8. The molecule has 4 rings (SSSR count). The van der Waals surface area contributed by atoms with Crippen LogP contribution in [0.1, 0.15) is 60.6 Å². The van der Waals surface area contributed by atoms with Gasteiger partial charge < -0.3 is 10.2 Å². The average molecular weight is 542 g/mol. The molecule has 0 bridgehead atoms. The molecule has 12 heteroatoms. The first-order chi connectivity index (χ1) is 17.2. The standard InChI is InChI=1S/C25H27F4N3O4S/c1-13-10-20(32(14(13)2)24(34)16-6-9-21(30-12-16)37(3,35)36)23(33)31-22(15-4-5-15)18-8-7-17(11-19(18)26)25(27,28)29/h6-9,11-15,20,22H,4-5,10H2,1-3H3,(H,31,33)/t13-,14-,20-,22-/m1/s1. The van der Waals surface area contributed by atoms with E-state index in [2.05, 4.69) is 10.3 Å². The van der Waals surface area contributed by atoms with Gasteiger partial charge in [-0.3, -0.25) is 9.59 Å². The topological polar surface area (TPSA) is 96.4 Å². The molecular formula is C25H27F4N3O4S. The number of pyridine rings is 1. The van der Waals surface area contributed by atoms with Crippen LogP contribution >= 0.6 is 0 Å². The Morgan fingerprint density at radius 1 is 1.14 bits per heavy atom. The maximum absolute atomic E-state index is 14.7. The molecule has 7 nitrogen and oxygen atoms in total. The molecule has 2 fully saturated rings. The molecule has 2 aromatic rings. The second-order valence-electron chi connectivity index (χ2n) is 9.90. The summed E-state index contributed by atoms with van der Waals surface area (Å²) in [5, 5.41) is 2.61. The Bertz CT molecular complexity index is 1310. The van der Waals surface area contributed by atoms with Crippen molar-refractivity contribution in [2.45, 2.75) is 62.4 Å². The van der Waals surface area contributed by atoms with E-state index in [9.17, 15) is 35.6 Å². The number of carbonyl (C=O) groups excluding carboxylic acids is 2. The van der Waals surface area contributed by atoms with Crippen LogP contribution in [0.25, 0.3) is 0 Å². The Balaban J connectivity index is 1.58. The third-order valence-electron chi connectivity index (χ3n) is 7.15. The fourth-order valence-electron chi connectivity index (χ4n) is 4.74. The number of hydrogen-bond acceptors (Lipinski definition) is 5. The van der Waals surface area contributed by atoms with E-state index in [-0.39, 0.29) is 34.0 Å². The van der Waals surface area contributed by atoms with Crippen molar-refractivity contribution >= 4 is 21.7 Å². The van der Waals surface area contributed by atoms with Gasteiger partial charge in [-0.1, -0.05) is 13.0 Å². The van der Waals surface area contributed by atoms with E-state index in [4.69, 9.17) is 0 Å². The molecule has 1 aromatic carbocycles. The van der Waals surface area contributed by atoms with Crippen molar-refractivity contribution in [1.29, 1.82) is 0 Å². The Labute approximate surface area is 212 Å². The summed E-state index contributed by atoms with van der Waals surface area (Å²) in [5.41, 5.74) is -1.03. The quantitative estimate of drug-likeness (QED) is 0.555. The van der Waals surface area contributed by atoms with E-state index >= 15 is 0 Å². The van der Waals surface area contributed by atoms with Gasteiger partial charge in [0.15, 0.2) is 14.9 Å². The van der Waals surface area contributed by atoms with Crippen molar-refractivity contribution < 1.29 is 35.6 Å². The highest BCUT2D eigenvalue weighted by Gasteiger charge is 2.45. The van der Waals surface area contributed by atoms with Crippen molar-refractivity contribution in [2.75, 3.05) is 6.26 Å². The molecule has 0 unspecified atom stereocenters. The van der Waals surface area contributed by atoms with Crippen LogP contribution in [0.2, 0.25) is 0 Å². The van der Waals surface area contributed by atoms with Crippen LogP contribution in [0, 0.1) is 17.7 Å². The van der Waals surface area contributed by atoms with Gasteiger partial charge in [-0.2, -0.15) is 13.2 Å². The fourth-order valence-corrected chi connectivity index (χ4v) is 5.30. The molecule has 2 aliphatic rings. The monoisotopic (exact) mass is 541 g/mol. The van der Waals surface area contributed by atoms with Gasteiger partial charge in [0.2, 0.25) is 5.91 Å². The lowest BCUT2D eigenvalue weighted by Gasteiger charge is -2.30. The number of likely N-dealkylation sites (tertiary alicyclic amines) is 1. The Hall–Kier alpha value is -3.02. The van der Waals surface area contributed by atoms with E-state index in [1.165, 1.54) is 17.0 Å². The van der Waals surface area contributed by atoms with E-state index in [1.54, 1.807) is 6.92 Å². The lowest BCUT2D eigenvalue weighted by Crippen LogP contribution is -2.49. The zero-order valence-electron chi connectivity index (χ0n) is 20.4. The van der Waals surface area contributed by atoms with Crippen molar-refractivity contribution in [3.63, 3.8) is 0 Å². The number of alkyl halides is 3. The molecule has 1 aromatic heterocycles. The van der Waals surface area contributed by atoms with Crippen LogP contribution in [0.3, 0.4) is 0 Å². The normalized spacial score (nSPS) is 23.1. The molecule has 1 aliphatic heterocycles. The molecule has 2 amide bonds. The fraction of sp³-hybridized carbons (Fsp3) is 0.480. The number of nitrogens with zero attached hydrogens (tertiary/aromatic N) is 2. The third-order valence-corrected chi connectivity index (χ3v) is 8.15. The zero-order valence-corrected chi connectivity index (χ0v) is 21.2. The lowest BCUT2D eigenvalue weighted by atomic mass is 9.98. The number of carbonyl (C=O) groups is 2. The summed E-state index contributed by atoms with van der Waals surface area (Å²) in [7, 11) is -3.56. The molecule has 1 N–H and O–H groups in total. The summed E-state index contributed by atoms with van der Waals surface area (Å²) >= 11 is 0.